The fourth-order valence-corrected chi connectivity index (χ4v) is 3.00. The highest BCUT2D eigenvalue weighted by molar-refractivity contribution is 5.97. The number of benzene rings is 2. The predicted molar refractivity (Wildman–Crippen MR) is 92.3 cm³/mol. The van der Waals surface area contributed by atoms with Crippen LogP contribution in [0.1, 0.15) is 46.4 Å². The summed E-state index contributed by atoms with van der Waals surface area (Å²) in [4.78, 5) is 24.6. The van der Waals surface area contributed by atoms with Crippen molar-refractivity contribution in [2.75, 3.05) is 13.6 Å². The van der Waals surface area contributed by atoms with Crippen LogP contribution in [0.5, 0.6) is 23.0 Å². The number of unbranched alkanes of at least 4 members (excludes halogenated alkanes) is 1. The molecule has 0 aliphatic carbocycles. The maximum Gasteiger partial charge on any atom is 0.231 e. The van der Waals surface area contributed by atoms with E-state index in [1.54, 1.807) is 36.4 Å². The van der Waals surface area contributed by atoms with Crippen LogP contribution in [0.2, 0.25) is 0 Å². The Kier molecular flexibility index (Phi) is 4.48. The summed E-state index contributed by atoms with van der Waals surface area (Å²) in [6.07, 6.45) is 2.11. The lowest BCUT2D eigenvalue weighted by Crippen LogP contribution is -2.02. The molecule has 2 aromatic carbocycles. The minimum atomic E-state index is 0.0406. The Balaban J connectivity index is 1.26. The number of hydrogen-bond donors (Lipinski definition) is 0. The second-order valence-corrected chi connectivity index (χ2v) is 6.19. The third-order valence-electron chi connectivity index (χ3n) is 4.45. The average molecular weight is 354 g/mol. The van der Waals surface area contributed by atoms with Gasteiger partial charge in [0, 0.05) is 24.0 Å². The summed E-state index contributed by atoms with van der Waals surface area (Å²) in [6.45, 7) is 0.379. The van der Waals surface area contributed by atoms with E-state index in [0.717, 1.165) is 0 Å². The lowest BCUT2D eigenvalue weighted by molar-refractivity contribution is 0.0954. The van der Waals surface area contributed by atoms with Gasteiger partial charge in [-0.05, 0) is 49.2 Å². The van der Waals surface area contributed by atoms with Gasteiger partial charge in [0.25, 0.3) is 0 Å². The van der Waals surface area contributed by atoms with Crippen molar-refractivity contribution in [3.8, 4) is 23.0 Å². The molecule has 2 heterocycles. The highest BCUT2D eigenvalue weighted by Gasteiger charge is 2.17. The molecule has 4 rings (SSSR count). The SMILES string of the molecule is O=C(CCCCC(=O)c1ccc2c(c1)OCO2)c1ccc2c(c1)OCO2. The molecule has 0 saturated heterocycles. The average Bonchev–Trinajstić information content (AvgIpc) is 3.32. The number of ketones is 2. The fourth-order valence-electron chi connectivity index (χ4n) is 3.00. The van der Waals surface area contributed by atoms with E-state index >= 15 is 0 Å². The number of ether oxygens (including phenoxy) is 4. The quantitative estimate of drug-likeness (QED) is 0.557. The Morgan fingerprint density at radius 1 is 0.654 bits per heavy atom. The molecule has 0 unspecified atom stereocenters. The predicted octanol–water partition coefficient (Wildman–Crippen LogP) is 3.77. The van der Waals surface area contributed by atoms with Crippen LogP contribution in [0, 0.1) is 0 Å². The summed E-state index contributed by atoms with van der Waals surface area (Å²) < 4.78 is 21.1. The summed E-state index contributed by atoms with van der Waals surface area (Å²) in [5.74, 6) is 2.62. The molecule has 0 amide bonds. The molecule has 6 nitrogen and oxygen atoms in total. The van der Waals surface area contributed by atoms with Crippen LogP contribution in [-0.4, -0.2) is 25.2 Å². The van der Waals surface area contributed by atoms with Gasteiger partial charge in [0.05, 0.1) is 0 Å². The molecule has 0 spiro atoms. The van der Waals surface area contributed by atoms with Crippen LogP contribution in [0.25, 0.3) is 0 Å². The Morgan fingerprint density at radius 3 is 1.54 bits per heavy atom. The van der Waals surface area contributed by atoms with Crippen LogP contribution in [-0.2, 0) is 0 Å². The maximum atomic E-state index is 12.3. The fraction of sp³-hybridized carbons (Fsp3) is 0.300. The molecule has 0 radical (unpaired) electrons. The van der Waals surface area contributed by atoms with Gasteiger partial charge in [0.15, 0.2) is 34.6 Å². The standard InChI is InChI=1S/C20H18O6/c21-15(13-5-7-17-19(9-13)25-11-23-17)3-1-2-4-16(22)14-6-8-18-20(10-14)26-12-24-18/h5-10H,1-4,11-12H2. The number of Topliss-reactive ketones (excluding diaryl/α,β-unsaturated/α-hetero) is 2. The first-order valence-corrected chi connectivity index (χ1v) is 8.56. The Bertz CT molecular complexity index is 786. The number of carbonyl (C=O) groups excluding carboxylic acids is 2. The summed E-state index contributed by atoms with van der Waals surface area (Å²) in [5.41, 5.74) is 1.22. The number of rotatable bonds is 7. The van der Waals surface area contributed by atoms with Crippen LogP contribution >= 0.6 is 0 Å². The first kappa shape index (κ1) is 16.4. The lowest BCUT2D eigenvalue weighted by atomic mass is 10.0. The van der Waals surface area contributed by atoms with Crippen molar-refractivity contribution >= 4 is 11.6 Å². The number of hydrogen-bond acceptors (Lipinski definition) is 6. The van der Waals surface area contributed by atoms with Crippen LogP contribution in [0.15, 0.2) is 36.4 Å². The van der Waals surface area contributed by atoms with Gasteiger partial charge < -0.3 is 18.9 Å². The molecule has 0 bridgehead atoms. The molecule has 2 aromatic rings. The van der Waals surface area contributed by atoms with Crippen molar-refractivity contribution < 1.29 is 28.5 Å². The molecule has 0 N–H and O–H groups in total. The van der Waals surface area contributed by atoms with Gasteiger partial charge in [-0.3, -0.25) is 9.59 Å². The van der Waals surface area contributed by atoms with Gasteiger partial charge in [0.1, 0.15) is 0 Å². The smallest absolute Gasteiger partial charge is 0.231 e. The van der Waals surface area contributed by atoms with E-state index in [4.69, 9.17) is 18.9 Å². The van der Waals surface area contributed by atoms with E-state index in [1.807, 2.05) is 0 Å². The monoisotopic (exact) mass is 354 g/mol. The van der Waals surface area contributed by atoms with E-state index in [9.17, 15) is 9.59 Å². The molecule has 0 fully saturated rings. The second kappa shape index (κ2) is 7.07. The van der Waals surface area contributed by atoms with Gasteiger partial charge in [-0.25, -0.2) is 0 Å². The zero-order valence-corrected chi connectivity index (χ0v) is 14.2. The zero-order chi connectivity index (χ0) is 17.9. The molecular formula is C20H18O6. The van der Waals surface area contributed by atoms with Crippen molar-refractivity contribution in [2.24, 2.45) is 0 Å². The van der Waals surface area contributed by atoms with Crippen molar-refractivity contribution in [1.82, 2.24) is 0 Å². The van der Waals surface area contributed by atoms with E-state index in [0.29, 0.717) is 59.8 Å². The van der Waals surface area contributed by atoms with Crippen molar-refractivity contribution in [1.29, 1.82) is 0 Å². The first-order valence-electron chi connectivity index (χ1n) is 8.56. The highest BCUT2D eigenvalue weighted by atomic mass is 16.7. The minimum absolute atomic E-state index is 0.0406. The maximum absolute atomic E-state index is 12.3. The molecule has 26 heavy (non-hydrogen) atoms. The van der Waals surface area contributed by atoms with Gasteiger partial charge >= 0.3 is 0 Å². The van der Waals surface area contributed by atoms with E-state index in [-0.39, 0.29) is 25.2 Å². The first-order chi connectivity index (χ1) is 12.7. The van der Waals surface area contributed by atoms with Gasteiger partial charge in [-0.1, -0.05) is 0 Å². The van der Waals surface area contributed by atoms with Gasteiger partial charge in [-0.15, -0.1) is 0 Å². The highest BCUT2D eigenvalue weighted by Crippen LogP contribution is 2.34. The number of carbonyl (C=O) groups is 2. The molecule has 0 atom stereocenters. The summed E-state index contributed by atoms with van der Waals surface area (Å²) >= 11 is 0. The molecule has 6 heteroatoms. The van der Waals surface area contributed by atoms with Crippen LogP contribution in [0.4, 0.5) is 0 Å². The van der Waals surface area contributed by atoms with E-state index in [2.05, 4.69) is 0 Å². The Labute approximate surface area is 150 Å². The molecule has 0 aromatic heterocycles. The summed E-state index contributed by atoms with van der Waals surface area (Å²) in [7, 11) is 0. The summed E-state index contributed by atoms with van der Waals surface area (Å²) in [5, 5.41) is 0. The van der Waals surface area contributed by atoms with Gasteiger partial charge in [0.2, 0.25) is 13.6 Å². The topological polar surface area (TPSA) is 71.1 Å². The summed E-state index contributed by atoms with van der Waals surface area (Å²) in [6, 6.07) is 10.4. The van der Waals surface area contributed by atoms with Crippen molar-refractivity contribution in [2.45, 2.75) is 25.7 Å². The van der Waals surface area contributed by atoms with E-state index in [1.165, 1.54) is 0 Å². The van der Waals surface area contributed by atoms with Crippen molar-refractivity contribution in [3.05, 3.63) is 47.5 Å². The zero-order valence-electron chi connectivity index (χ0n) is 14.2. The third kappa shape index (κ3) is 3.35. The molecular weight excluding hydrogens is 336 g/mol. The molecule has 2 aliphatic rings. The number of fused-ring (bicyclic) bond motifs is 2. The normalized spacial score (nSPS) is 13.7. The van der Waals surface area contributed by atoms with Crippen LogP contribution in [0.3, 0.4) is 0 Å². The molecule has 0 saturated carbocycles. The largest absolute Gasteiger partial charge is 0.454 e. The van der Waals surface area contributed by atoms with Gasteiger partial charge in [-0.2, -0.15) is 0 Å². The Morgan fingerprint density at radius 2 is 1.08 bits per heavy atom. The van der Waals surface area contributed by atoms with Crippen molar-refractivity contribution in [3.63, 3.8) is 0 Å². The minimum Gasteiger partial charge on any atom is -0.454 e. The second-order valence-electron chi connectivity index (χ2n) is 6.19. The third-order valence-corrected chi connectivity index (χ3v) is 4.45. The molecule has 2 aliphatic heterocycles. The lowest BCUT2D eigenvalue weighted by Gasteiger charge is -2.04. The molecule has 134 valence electrons. The van der Waals surface area contributed by atoms with E-state index < -0.39 is 0 Å². The Hall–Kier alpha value is -3.02. The van der Waals surface area contributed by atoms with Crippen LogP contribution < -0.4 is 18.9 Å².